The van der Waals surface area contributed by atoms with Crippen LogP contribution < -0.4 is 9.62 Å². The SMILES string of the molecule is CCCCNC(=O)C(C)N(Cc1cccc(Cl)c1)C(=O)CN(c1ccccc1)S(=O)(=O)N(C)C. The predicted molar refractivity (Wildman–Crippen MR) is 136 cm³/mol. The molecule has 1 unspecified atom stereocenters. The fraction of sp³-hybridized carbons (Fsp3) is 0.417. The number of hydrogen-bond acceptors (Lipinski definition) is 4. The number of para-hydroxylation sites is 1. The molecule has 0 radical (unpaired) electrons. The monoisotopic (exact) mass is 508 g/mol. The Hall–Kier alpha value is -2.62. The second-order valence-electron chi connectivity index (χ2n) is 8.10. The average Bonchev–Trinajstić information content (AvgIpc) is 2.80. The normalized spacial score (nSPS) is 12.3. The van der Waals surface area contributed by atoms with Gasteiger partial charge in [-0.05, 0) is 43.2 Å². The lowest BCUT2D eigenvalue weighted by atomic mass is 10.1. The van der Waals surface area contributed by atoms with E-state index in [4.69, 9.17) is 11.6 Å². The van der Waals surface area contributed by atoms with E-state index in [1.807, 2.05) is 6.92 Å². The molecule has 0 aliphatic heterocycles. The van der Waals surface area contributed by atoms with E-state index in [-0.39, 0.29) is 12.5 Å². The molecule has 8 nitrogen and oxygen atoms in total. The zero-order valence-corrected chi connectivity index (χ0v) is 21.6. The number of carbonyl (C=O) groups is 2. The van der Waals surface area contributed by atoms with Crippen molar-refractivity contribution in [3.05, 3.63) is 65.2 Å². The van der Waals surface area contributed by atoms with Crippen molar-refractivity contribution in [2.75, 3.05) is 31.5 Å². The van der Waals surface area contributed by atoms with Crippen LogP contribution in [0.2, 0.25) is 5.02 Å². The molecule has 0 fully saturated rings. The Kier molecular flexibility index (Phi) is 10.3. The van der Waals surface area contributed by atoms with Gasteiger partial charge < -0.3 is 10.2 Å². The maximum absolute atomic E-state index is 13.5. The first-order valence-electron chi connectivity index (χ1n) is 11.1. The Bertz CT molecular complexity index is 1060. The molecule has 0 saturated heterocycles. The maximum Gasteiger partial charge on any atom is 0.304 e. The highest BCUT2D eigenvalue weighted by atomic mass is 35.5. The van der Waals surface area contributed by atoms with E-state index in [2.05, 4.69) is 5.32 Å². The van der Waals surface area contributed by atoms with Gasteiger partial charge in [0.25, 0.3) is 0 Å². The van der Waals surface area contributed by atoms with Crippen molar-refractivity contribution in [3.63, 3.8) is 0 Å². The largest absolute Gasteiger partial charge is 0.354 e. The first-order chi connectivity index (χ1) is 16.1. The van der Waals surface area contributed by atoms with Crippen molar-refractivity contribution in [3.8, 4) is 0 Å². The Labute approximate surface area is 207 Å². The van der Waals surface area contributed by atoms with Gasteiger partial charge in [0.2, 0.25) is 11.8 Å². The standard InChI is InChI=1S/C24H33ClN4O4S/c1-5-6-15-26-24(31)19(2)28(17-20-11-10-12-21(25)16-20)23(30)18-29(34(32,33)27(3)4)22-13-8-7-9-14-22/h7-14,16,19H,5-6,15,17-18H2,1-4H3,(H,26,31). The fourth-order valence-electron chi connectivity index (χ4n) is 3.26. The van der Waals surface area contributed by atoms with Crippen LogP contribution in [0.15, 0.2) is 54.6 Å². The third kappa shape index (κ3) is 7.44. The Morgan fingerprint density at radius 1 is 1.06 bits per heavy atom. The Morgan fingerprint density at radius 3 is 2.32 bits per heavy atom. The topological polar surface area (TPSA) is 90.0 Å². The van der Waals surface area contributed by atoms with Crippen LogP contribution >= 0.6 is 11.6 Å². The molecule has 2 aromatic rings. The maximum atomic E-state index is 13.5. The predicted octanol–water partition coefficient (Wildman–Crippen LogP) is 3.29. The minimum atomic E-state index is -3.97. The minimum absolute atomic E-state index is 0.104. The average molecular weight is 509 g/mol. The van der Waals surface area contributed by atoms with Crippen molar-refractivity contribution in [2.24, 2.45) is 0 Å². The number of amides is 2. The number of carbonyl (C=O) groups excluding carboxylic acids is 2. The van der Waals surface area contributed by atoms with E-state index >= 15 is 0 Å². The number of rotatable bonds is 12. The van der Waals surface area contributed by atoms with Gasteiger partial charge in [-0.15, -0.1) is 0 Å². The summed E-state index contributed by atoms with van der Waals surface area (Å²) in [7, 11) is -1.15. The first-order valence-corrected chi connectivity index (χ1v) is 12.9. The van der Waals surface area contributed by atoms with Crippen LogP contribution in [-0.4, -0.2) is 62.7 Å². The third-order valence-electron chi connectivity index (χ3n) is 5.30. The number of unbranched alkanes of at least 4 members (excludes halogenated alkanes) is 1. The third-order valence-corrected chi connectivity index (χ3v) is 7.36. The van der Waals surface area contributed by atoms with Crippen LogP contribution in [0, 0.1) is 0 Å². The summed E-state index contributed by atoms with van der Waals surface area (Å²) in [6.07, 6.45) is 1.75. The molecule has 0 heterocycles. The van der Waals surface area contributed by atoms with E-state index in [9.17, 15) is 18.0 Å². The molecule has 0 aliphatic carbocycles. The lowest BCUT2D eigenvalue weighted by molar-refractivity contribution is -0.139. The highest BCUT2D eigenvalue weighted by molar-refractivity contribution is 7.90. The van der Waals surface area contributed by atoms with Gasteiger partial charge in [-0.1, -0.05) is 55.3 Å². The zero-order valence-electron chi connectivity index (χ0n) is 20.1. The van der Waals surface area contributed by atoms with Crippen molar-refractivity contribution >= 4 is 39.3 Å². The second-order valence-corrected chi connectivity index (χ2v) is 10.6. The Morgan fingerprint density at radius 2 is 1.74 bits per heavy atom. The van der Waals surface area contributed by atoms with Gasteiger partial charge in [0.05, 0.1) is 5.69 Å². The molecule has 0 saturated carbocycles. The van der Waals surface area contributed by atoms with Crippen LogP contribution in [0.3, 0.4) is 0 Å². The number of nitrogens with zero attached hydrogens (tertiary/aromatic N) is 3. The first kappa shape index (κ1) is 27.6. The molecule has 10 heteroatoms. The van der Waals surface area contributed by atoms with Gasteiger partial charge in [-0.25, -0.2) is 4.31 Å². The molecule has 0 bridgehead atoms. The molecule has 2 amide bonds. The molecule has 0 aromatic heterocycles. The summed E-state index contributed by atoms with van der Waals surface area (Å²) in [5, 5.41) is 3.36. The van der Waals surface area contributed by atoms with Crippen molar-refractivity contribution in [1.29, 1.82) is 0 Å². The molecule has 1 N–H and O–H groups in total. The van der Waals surface area contributed by atoms with Crippen LogP contribution in [0.1, 0.15) is 32.3 Å². The molecule has 186 valence electrons. The van der Waals surface area contributed by atoms with Crippen LogP contribution in [0.4, 0.5) is 5.69 Å². The van der Waals surface area contributed by atoms with Crippen molar-refractivity contribution < 1.29 is 18.0 Å². The molecular formula is C24H33ClN4O4S. The van der Waals surface area contributed by atoms with Crippen molar-refractivity contribution in [1.82, 2.24) is 14.5 Å². The van der Waals surface area contributed by atoms with Crippen LogP contribution in [0.25, 0.3) is 0 Å². The highest BCUT2D eigenvalue weighted by Crippen LogP contribution is 2.21. The highest BCUT2D eigenvalue weighted by Gasteiger charge is 2.32. The summed E-state index contributed by atoms with van der Waals surface area (Å²) in [6, 6.07) is 14.6. The van der Waals surface area contributed by atoms with Crippen molar-refractivity contribution in [2.45, 2.75) is 39.3 Å². The lowest BCUT2D eigenvalue weighted by Crippen LogP contribution is -2.52. The molecule has 2 aromatic carbocycles. The summed E-state index contributed by atoms with van der Waals surface area (Å²) in [5.74, 6) is -0.807. The molecule has 2 rings (SSSR count). The Balaban J connectivity index is 2.38. The number of benzene rings is 2. The minimum Gasteiger partial charge on any atom is -0.354 e. The molecule has 0 spiro atoms. The number of nitrogens with one attached hydrogen (secondary N) is 1. The van der Waals surface area contributed by atoms with Gasteiger partial charge in [0, 0.05) is 32.2 Å². The lowest BCUT2D eigenvalue weighted by Gasteiger charge is -2.32. The summed E-state index contributed by atoms with van der Waals surface area (Å²) >= 11 is 6.12. The van der Waals surface area contributed by atoms with Gasteiger partial charge in [0.15, 0.2) is 0 Å². The quantitative estimate of drug-likeness (QED) is 0.445. The number of halogens is 1. The van der Waals surface area contributed by atoms with E-state index in [1.165, 1.54) is 19.0 Å². The van der Waals surface area contributed by atoms with E-state index in [1.54, 1.807) is 61.5 Å². The van der Waals surface area contributed by atoms with Gasteiger partial charge in [-0.3, -0.25) is 9.59 Å². The van der Waals surface area contributed by atoms with E-state index < -0.39 is 28.7 Å². The molecule has 1 atom stereocenters. The van der Waals surface area contributed by atoms with Crippen LogP contribution in [0.5, 0.6) is 0 Å². The van der Waals surface area contributed by atoms with Gasteiger partial charge in [-0.2, -0.15) is 12.7 Å². The summed E-state index contributed by atoms with van der Waals surface area (Å²) in [5.41, 5.74) is 1.09. The van der Waals surface area contributed by atoms with E-state index in [0.29, 0.717) is 17.3 Å². The molecule has 0 aliphatic rings. The number of hydrogen-bond donors (Lipinski definition) is 1. The zero-order chi connectivity index (χ0) is 25.3. The van der Waals surface area contributed by atoms with E-state index in [0.717, 1.165) is 27.0 Å². The fourth-order valence-corrected chi connectivity index (χ4v) is 4.53. The second kappa shape index (κ2) is 12.7. The number of anilines is 1. The molecular weight excluding hydrogens is 476 g/mol. The summed E-state index contributed by atoms with van der Waals surface area (Å²) < 4.78 is 28.2. The summed E-state index contributed by atoms with van der Waals surface area (Å²) in [6.45, 7) is 3.80. The molecule has 34 heavy (non-hydrogen) atoms. The smallest absolute Gasteiger partial charge is 0.304 e. The van der Waals surface area contributed by atoms with Crippen LogP contribution in [-0.2, 0) is 26.3 Å². The van der Waals surface area contributed by atoms with Gasteiger partial charge in [0.1, 0.15) is 12.6 Å². The summed E-state index contributed by atoms with van der Waals surface area (Å²) in [4.78, 5) is 27.7. The van der Waals surface area contributed by atoms with Gasteiger partial charge >= 0.3 is 10.2 Å².